The number of unbranched alkanes of at least 4 members (excludes halogenated alkanes) is 1. The molecule has 2 aliphatic heterocycles. The Morgan fingerprint density at radius 1 is 0.846 bits per heavy atom. The lowest BCUT2D eigenvalue weighted by Gasteiger charge is -2.23. The number of hydrogen-bond donors (Lipinski definition) is 0. The number of carbonyl (C=O) groups excluding carboxylic acids is 1. The number of rotatable bonds is 5. The molecule has 2 fully saturated rings. The zero-order chi connectivity index (χ0) is 18.3. The fraction of sp³-hybridized carbons (Fsp3) is 0.944. The van der Waals surface area contributed by atoms with Gasteiger partial charge in [0.25, 0.3) is 0 Å². The van der Waals surface area contributed by atoms with E-state index in [1.54, 1.807) is 0 Å². The van der Waals surface area contributed by atoms with E-state index in [1.807, 2.05) is 26.5 Å². The highest BCUT2D eigenvalue weighted by Crippen LogP contribution is 2.39. The van der Waals surface area contributed by atoms with Crippen molar-refractivity contribution in [3.63, 3.8) is 0 Å². The van der Waals surface area contributed by atoms with Crippen LogP contribution in [0.25, 0.3) is 0 Å². The molecule has 0 aromatic carbocycles. The van der Waals surface area contributed by atoms with Gasteiger partial charge in [0.15, 0.2) is 0 Å². The van der Waals surface area contributed by atoms with Gasteiger partial charge in [-0.2, -0.15) is 0 Å². The summed E-state index contributed by atoms with van der Waals surface area (Å²) in [6, 6.07) is 0. The molecule has 8 heteroatoms. The molecule has 0 bridgehead atoms. The Morgan fingerprint density at radius 2 is 1.42 bits per heavy atom. The molecule has 0 N–H and O–H groups in total. The minimum absolute atomic E-state index is 0.211. The van der Waals surface area contributed by atoms with Crippen molar-refractivity contribution in [3.8, 4) is 0 Å². The van der Waals surface area contributed by atoms with E-state index in [2.05, 4.69) is 0 Å². The van der Waals surface area contributed by atoms with Crippen LogP contribution >= 0.6 is 21.6 Å². The van der Waals surface area contributed by atoms with Gasteiger partial charge in [-0.1, -0.05) is 28.0 Å². The number of amides is 1. The minimum Gasteiger partial charge on any atom is -0.377 e. The molecule has 26 heavy (non-hydrogen) atoms. The van der Waals surface area contributed by atoms with Crippen LogP contribution in [0, 0.1) is 0 Å². The van der Waals surface area contributed by atoms with Gasteiger partial charge in [-0.05, 0) is 19.3 Å². The van der Waals surface area contributed by atoms with Crippen molar-refractivity contribution < 1.29 is 23.7 Å². The Labute approximate surface area is 165 Å². The van der Waals surface area contributed by atoms with Crippen molar-refractivity contribution in [1.29, 1.82) is 0 Å². The minimum atomic E-state index is 0.211. The standard InChI is InChI=1S/C18H33NO5S2/c20-18(4-2-1-3-17-5-16-25-26-17)19-6-8-21-10-12-23-14-15-24-13-11-22-9-7-19/h17H,1-16H2. The van der Waals surface area contributed by atoms with Crippen molar-refractivity contribution in [2.24, 2.45) is 0 Å². The maximum Gasteiger partial charge on any atom is 0.222 e. The monoisotopic (exact) mass is 407 g/mol. The van der Waals surface area contributed by atoms with E-state index in [1.165, 1.54) is 18.6 Å². The van der Waals surface area contributed by atoms with Gasteiger partial charge in [0, 0.05) is 30.5 Å². The van der Waals surface area contributed by atoms with Crippen molar-refractivity contribution in [1.82, 2.24) is 4.90 Å². The largest absolute Gasteiger partial charge is 0.377 e. The third-order valence-electron chi connectivity index (χ3n) is 4.37. The average molecular weight is 408 g/mol. The molecule has 2 rings (SSSR count). The lowest BCUT2D eigenvalue weighted by Crippen LogP contribution is -2.37. The van der Waals surface area contributed by atoms with Crippen LogP contribution in [-0.4, -0.2) is 87.8 Å². The van der Waals surface area contributed by atoms with E-state index in [0.717, 1.165) is 18.1 Å². The quantitative estimate of drug-likeness (QED) is 0.513. The van der Waals surface area contributed by atoms with Crippen molar-refractivity contribution in [3.05, 3.63) is 0 Å². The van der Waals surface area contributed by atoms with Crippen LogP contribution in [0.5, 0.6) is 0 Å². The first kappa shape index (κ1) is 22.3. The third-order valence-corrected chi connectivity index (χ3v) is 7.38. The molecule has 1 amide bonds. The second-order valence-electron chi connectivity index (χ2n) is 6.40. The summed E-state index contributed by atoms with van der Waals surface area (Å²) < 4.78 is 22.0. The highest BCUT2D eigenvalue weighted by molar-refractivity contribution is 8.77. The van der Waals surface area contributed by atoms with Gasteiger partial charge < -0.3 is 23.8 Å². The van der Waals surface area contributed by atoms with Crippen LogP contribution in [-0.2, 0) is 23.7 Å². The molecule has 0 saturated carbocycles. The number of carbonyl (C=O) groups is 1. The van der Waals surface area contributed by atoms with E-state index in [9.17, 15) is 4.79 Å². The lowest BCUT2D eigenvalue weighted by atomic mass is 10.1. The summed E-state index contributed by atoms with van der Waals surface area (Å²) in [4.78, 5) is 14.4. The van der Waals surface area contributed by atoms with Crippen LogP contribution in [0.1, 0.15) is 32.1 Å². The predicted octanol–water partition coefficient (Wildman–Crippen LogP) is 2.61. The average Bonchev–Trinajstić information content (AvgIpc) is 3.16. The number of ether oxygens (including phenoxy) is 4. The van der Waals surface area contributed by atoms with E-state index < -0.39 is 0 Å². The summed E-state index contributed by atoms with van der Waals surface area (Å²) in [5.41, 5.74) is 0. The van der Waals surface area contributed by atoms with Gasteiger partial charge >= 0.3 is 0 Å². The summed E-state index contributed by atoms with van der Waals surface area (Å²) in [5, 5.41) is 0.792. The van der Waals surface area contributed by atoms with E-state index in [0.29, 0.717) is 72.4 Å². The van der Waals surface area contributed by atoms with E-state index in [-0.39, 0.29) is 5.91 Å². The summed E-state index contributed by atoms with van der Waals surface area (Å²) in [6.07, 6.45) is 5.28. The van der Waals surface area contributed by atoms with Crippen LogP contribution in [0.3, 0.4) is 0 Å². The van der Waals surface area contributed by atoms with Crippen molar-refractivity contribution >= 4 is 27.5 Å². The summed E-state index contributed by atoms with van der Waals surface area (Å²) >= 11 is 0. The molecule has 1 atom stereocenters. The van der Waals surface area contributed by atoms with Crippen LogP contribution in [0.2, 0.25) is 0 Å². The second-order valence-corrected chi connectivity index (χ2v) is 9.19. The Kier molecular flexibility index (Phi) is 12.9. The van der Waals surface area contributed by atoms with Crippen molar-refractivity contribution in [2.75, 3.05) is 71.7 Å². The summed E-state index contributed by atoms with van der Waals surface area (Å²) in [6.45, 7) is 5.70. The zero-order valence-electron chi connectivity index (χ0n) is 15.7. The highest BCUT2D eigenvalue weighted by Gasteiger charge is 2.17. The topological polar surface area (TPSA) is 57.2 Å². The maximum atomic E-state index is 12.5. The molecule has 1 unspecified atom stereocenters. The van der Waals surface area contributed by atoms with Gasteiger partial charge in [0.05, 0.1) is 52.9 Å². The highest BCUT2D eigenvalue weighted by atomic mass is 33.1. The molecule has 2 heterocycles. The number of hydrogen-bond acceptors (Lipinski definition) is 7. The molecular formula is C18H33NO5S2. The first-order valence-corrected chi connectivity index (χ1v) is 12.1. The molecule has 0 aliphatic carbocycles. The van der Waals surface area contributed by atoms with Crippen LogP contribution in [0.4, 0.5) is 0 Å². The fourth-order valence-corrected chi connectivity index (χ4v) is 5.87. The van der Waals surface area contributed by atoms with Crippen LogP contribution in [0.15, 0.2) is 0 Å². The summed E-state index contributed by atoms with van der Waals surface area (Å²) in [5.74, 6) is 1.49. The van der Waals surface area contributed by atoms with Gasteiger partial charge in [-0.15, -0.1) is 0 Å². The van der Waals surface area contributed by atoms with Crippen molar-refractivity contribution in [2.45, 2.75) is 37.4 Å². The summed E-state index contributed by atoms with van der Waals surface area (Å²) in [7, 11) is 4.00. The van der Waals surface area contributed by atoms with Gasteiger partial charge in [0.2, 0.25) is 5.91 Å². The number of nitrogens with zero attached hydrogens (tertiary/aromatic N) is 1. The van der Waals surface area contributed by atoms with Gasteiger partial charge in [-0.3, -0.25) is 4.79 Å². The Balaban J connectivity index is 1.64. The molecule has 0 radical (unpaired) electrons. The maximum absolute atomic E-state index is 12.5. The zero-order valence-corrected chi connectivity index (χ0v) is 17.3. The first-order chi connectivity index (χ1) is 12.9. The Bertz CT molecular complexity index is 353. The predicted molar refractivity (Wildman–Crippen MR) is 107 cm³/mol. The molecule has 0 aromatic rings. The first-order valence-electron chi connectivity index (χ1n) is 9.73. The Hall–Kier alpha value is 0.01000. The molecule has 0 spiro atoms. The van der Waals surface area contributed by atoms with Gasteiger partial charge in [-0.25, -0.2) is 0 Å². The molecular weight excluding hydrogens is 374 g/mol. The van der Waals surface area contributed by atoms with E-state index >= 15 is 0 Å². The second kappa shape index (κ2) is 15.0. The van der Waals surface area contributed by atoms with E-state index in [4.69, 9.17) is 18.9 Å². The normalized spacial score (nSPS) is 24.8. The molecule has 2 saturated heterocycles. The van der Waals surface area contributed by atoms with Crippen LogP contribution < -0.4 is 0 Å². The SMILES string of the molecule is O=C(CCCCC1CCSS1)N1CCOCCOCCOCCOCC1. The molecule has 6 nitrogen and oxygen atoms in total. The Morgan fingerprint density at radius 3 is 1.96 bits per heavy atom. The molecule has 0 aromatic heterocycles. The molecule has 152 valence electrons. The van der Waals surface area contributed by atoms with Gasteiger partial charge in [0.1, 0.15) is 0 Å². The lowest BCUT2D eigenvalue weighted by molar-refractivity contribution is -0.133. The fourth-order valence-electron chi connectivity index (χ4n) is 2.84. The smallest absolute Gasteiger partial charge is 0.222 e. The third kappa shape index (κ3) is 10.4. The molecule has 2 aliphatic rings.